The monoisotopic (exact) mass is 1140 g/mol. The third kappa shape index (κ3) is 67.4. The average Bonchev–Trinajstić information content (AvgIpc) is 3.49. The number of carbonyl (C=O) groups excluding carboxylic acids is 3. The van der Waals surface area contributed by atoms with Crippen molar-refractivity contribution in [3.63, 3.8) is 0 Å². The number of hydrogen-bond acceptors (Lipinski definition) is 6. The quantitative estimate of drug-likeness (QED) is 0.0261. The molecule has 0 N–H and O–H groups in total. The molecule has 0 aromatic heterocycles. The summed E-state index contributed by atoms with van der Waals surface area (Å²) in [7, 11) is 0. The van der Waals surface area contributed by atoms with Gasteiger partial charge in [0.05, 0.1) is 0 Å². The van der Waals surface area contributed by atoms with E-state index in [1.54, 1.807) is 0 Å². The van der Waals surface area contributed by atoms with Gasteiger partial charge in [-0.05, 0) is 148 Å². The van der Waals surface area contributed by atoms with Crippen molar-refractivity contribution in [3.05, 3.63) is 170 Å². The third-order valence-corrected chi connectivity index (χ3v) is 13.7. The van der Waals surface area contributed by atoms with Gasteiger partial charge in [0.2, 0.25) is 0 Å². The number of unbranched alkanes of at least 4 members (excludes halogenated alkanes) is 20. The van der Waals surface area contributed by atoms with E-state index in [2.05, 4.69) is 191 Å². The van der Waals surface area contributed by atoms with Gasteiger partial charge in [0.1, 0.15) is 13.2 Å². The van der Waals surface area contributed by atoms with Gasteiger partial charge in [0.15, 0.2) is 6.10 Å². The molecule has 466 valence electrons. The van der Waals surface area contributed by atoms with Gasteiger partial charge >= 0.3 is 17.9 Å². The zero-order chi connectivity index (χ0) is 59.9. The molecule has 0 saturated heterocycles. The molecule has 6 nitrogen and oxygen atoms in total. The van der Waals surface area contributed by atoms with Gasteiger partial charge in [-0.1, -0.05) is 281 Å². The molecule has 83 heavy (non-hydrogen) atoms. The Morgan fingerprint density at radius 1 is 0.241 bits per heavy atom. The topological polar surface area (TPSA) is 78.9 Å². The molecule has 1 atom stereocenters. The van der Waals surface area contributed by atoms with Crippen molar-refractivity contribution in [3.8, 4) is 0 Å². The molecule has 0 spiro atoms. The highest BCUT2D eigenvalue weighted by Gasteiger charge is 2.19. The fourth-order valence-electron chi connectivity index (χ4n) is 8.78. The predicted octanol–water partition coefficient (Wildman–Crippen LogP) is 23.4. The third-order valence-electron chi connectivity index (χ3n) is 13.7. The fourth-order valence-corrected chi connectivity index (χ4v) is 8.78. The molecule has 0 aromatic carbocycles. The molecule has 0 fully saturated rings. The Morgan fingerprint density at radius 3 is 0.699 bits per heavy atom. The first-order valence-corrected chi connectivity index (χ1v) is 33.6. The molecule has 0 bridgehead atoms. The van der Waals surface area contributed by atoms with Crippen LogP contribution in [0.1, 0.15) is 278 Å². The standard InChI is InChI=1S/C77H122O6/c1-4-7-10-13-16-19-22-25-28-30-32-34-35-36-37-38-39-40-41-43-44-46-49-52-55-58-61-64-67-70-76(79)82-73-74(72-81-75(78)69-66-63-60-57-54-51-48-27-24-21-18-15-12-9-6-3)83-77(80)71-68-65-62-59-56-53-50-47-45-42-33-31-29-26-23-20-17-14-11-8-5-2/h7-12,16-21,25-29,32-34,36-37,39-40,42,48,54,57,74H,4-6,13-15,22-24,30-31,35,38,41,43-47,49-53,55-56,58-73H2,1-3H3/b10-7-,11-8-,12-9-,19-16-,20-17-,21-18-,28-25-,29-26-,34-32-,37-36-,40-39-,42-33-,48-27-,57-54-. The van der Waals surface area contributed by atoms with E-state index in [9.17, 15) is 14.4 Å². The zero-order valence-electron chi connectivity index (χ0n) is 53.4. The summed E-state index contributed by atoms with van der Waals surface area (Å²) in [5.41, 5.74) is 0. The minimum Gasteiger partial charge on any atom is -0.462 e. The molecule has 0 aromatic rings. The van der Waals surface area contributed by atoms with Gasteiger partial charge in [-0.2, -0.15) is 0 Å². The van der Waals surface area contributed by atoms with Crippen LogP contribution in [0.15, 0.2) is 170 Å². The normalized spacial score (nSPS) is 13.2. The van der Waals surface area contributed by atoms with E-state index in [1.807, 2.05) is 0 Å². The number of allylic oxidation sites excluding steroid dienone is 28. The number of carbonyl (C=O) groups is 3. The summed E-state index contributed by atoms with van der Waals surface area (Å²) in [5.74, 6) is -0.960. The molecule has 0 aliphatic carbocycles. The Balaban J connectivity index is 4.41. The molecular weight excluding hydrogens is 1020 g/mol. The maximum atomic E-state index is 12.9. The van der Waals surface area contributed by atoms with Gasteiger partial charge in [0, 0.05) is 19.3 Å². The first-order chi connectivity index (χ1) is 41.0. The fraction of sp³-hybridized carbons (Fsp3) is 0.597. The molecular formula is C77H122O6. The maximum absolute atomic E-state index is 12.9. The second-order valence-corrected chi connectivity index (χ2v) is 21.6. The second-order valence-electron chi connectivity index (χ2n) is 21.6. The molecule has 0 rings (SSSR count). The molecule has 0 saturated carbocycles. The molecule has 1 unspecified atom stereocenters. The molecule has 6 heteroatoms. The Bertz CT molecular complexity index is 1890. The van der Waals surface area contributed by atoms with E-state index in [4.69, 9.17) is 14.2 Å². The highest BCUT2D eigenvalue weighted by atomic mass is 16.6. The Labute approximate surface area is 511 Å². The van der Waals surface area contributed by atoms with Gasteiger partial charge in [-0.25, -0.2) is 0 Å². The van der Waals surface area contributed by atoms with Crippen LogP contribution in [0, 0.1) is 0 Å². The zero-order valence-corrected chi connectivity index (χ0v) is 53.4. The minimum absolute atomic E-state index is 0.104. The minimum atomic E-state index is -0.812. The highest BCUT2D eigenvalue weighted by Crippen LogP contribution is 2.15. The summed E-state index contributed by atoms with van der Waals surface area (Å²) in [4.78, 5) is 38.4. The van der Waals surface area contributed by atoms with E-state index in [1.165, 1.54) is 77.0 Å². The van der Waals surface area contributed by atoms with Crippen LogP contribution in [0.4, 0.5) is 0 Å². The average molecular weight is 1140 g/mol. The molecule has 0 heterocycles. The summed E-state index contributed by atoms with van der Waals surface area (Å²) in [5, 5.41) is 0. The summed E-state index contributed by atoms with van der Waals surface area (Å²) in [6, 6.07) is 0. The van der Waals surface area contributed by atoms with Crippen LogP contribution in [-0.2, 0) is 28.6 Å². The van der Waals surface area contributed by atoms with E-state index in [0.717, 1.165) is 154 Å². The van der Waals surface area contributed by atoms with Crippen LogP contribution >= 0.6 is 0 Å². The van der Waals surface area contributed by atoms with Crippen LogP contribution in [0.25, 0.3) is 0 Å². The first kappa shape index (κ1) is 77.8. The Hall–Kier alpha value is -5.23. The van der Waals surface area contributed by atoms with Gasteiger partial charge in [-0.15, -0.1) is 0 Å². The SMILES string of the molecule is CC/C=C\C/C=C\C/C=C\C/C=C\C/C=C\C/C=C\CCCCCCCCCCCCC(=O)OCC(COC(=O)CCCC/C=C\C/C=C\C/C=C\C/C=C\CC)OC(=O)CCCCCCCCCC/C=C\C/C=C\C/C=C\C/C=C\CC. The summed E-state index contributed by atoms with van der Waals surface area (Å²) < 4.78 is 16.9. The van der Waals surface area contributed by atoms with Crippen molar-refractivity contribution in [1.82, 2.24) is 0 Å². The van der Waals surface area contributed by atoms with Crippen molar-refractivity contribution in [2.75, 3.05) is 13.2 Å². The lowest BCUT2D eigenvalue weighted by molar-refractivity contribution is -0.167. The maximum Gasteiger partial charge on any atom is 0.306 e. The van der Waals surface area contributed by atoms with E-state index >= 15 is 0 Å². The lowest BCUT2D eigenvalue weighted by atomic mass is 10.1. The summed E-state index contributed by atoms with van der Waals surface area (Å²) in [6.45, 7) is 6.26. The number of ether oxygens (including phenoxy) is 3. The van der Waals surface area contributed by atoms with Gasteiger partial charge in [-0.3, -0.25) is 14.4 Å². The van der Waals surface area contributed by atoms with E-state index in [0.29, 0.717) is 25.7 Å². The molecule has 0 amide bonds. The molecule has 0 aliphatic heterocycles. The van der Waals surface area contributed by atoms with Crippen molar-refractivity contribution < 1.29 is 28.6 Å². The number of esters is 3. The second kappa shape index (κ2) is 69.3. The van der Waals surface area contributed by atoms with Crippen LogP contribution in [-0.4, -0.2) is 37.2 Å². The molecule has 0 aliphatic rings. The van der Waals surface area contributed by atoms with Crippen molar-refractivity contribution in [2.45, 2.75) is 284 Å². The lowest BCUT2D eigenvalue weighted by Crippen LogP contribution is -2.30. The lowest BCUT2D eigenvalue weighted by Gasteiger charge is -2.18. The Morgan fingerprint density at radius 2 is 0.434 bits per heavy atom. The van der Waals surface area contributed by atoms with Crippen LogP contribution in [0.2, 0.25) is 0 Å². The number of hydrogen-bond donors (Lipinski definition) is 0. The van der Waals surface area contributed by atoms with Gasteiger partial charge in [0.25, 0.3) is 0 Å². The number of rotatable bonds is 59. The van der Waals surface area contributed by atoms with Crippen molar-refractivity contribution in [1.29, 1.82) is 0 Å². The van der Waals surface area contributed by atoms with Crippen molar-refractivity contribution in [2.24, 2.45) is 0 Å². The van der Waals surface area contributed by atoms with Crippen LogP contribution < -0.4 is 0 Å². The smallest absolute Gasteiger partial charge is 0.306 e. The van der Waals surface area contributed by atoms with Gasteiger partial charge < -0.3 is 14.2 Å². The largest absolute Gasteiger partial charge is 0.462 e. The predicted molar refractivity (Wildman–Crippen MR) is 361 cm³/mol. The Kier molecular flexibility index (Phi) is 64.9. The first-order valence-electron chi connectivity index (χ1n) is 33.6. The van der Waals surface area contributed by atoms with E-state index in [-0.39, 0.29) is 31.1 Å². The van der Waals surface area contributed by atoms with Crippen molar-refractivity contribution >= 4 is 17.9 Å². The molecule has 0 radical (unpaired) electrons. The summed E-state index contributed by atoms with van der Waals surface area (Å²) >= 11 is 0. The highest BCUT2D eigenvalue weighted by molar-refractivity contribution is 5.71. The van der Waals surface area contributed by atoms with Crippen LogP contribution in [0.5, 0.6) is 0 Å². The van der Waals surface area contributed by atoms with Crippen LogP contribution in [0.3, 0.4) is 0 Å². The summed E-state index contributed by atoms with van der Waals surface area (Å²) in [6.07, 6.45) is 102. The van der Waals surface area contributed by atoms with E-state index < -0.39 is 6.10 Å².